The van der Waals surface area contributed by atoms with Crippen molar-refractivity contribution in [2.24, 2.45) is 0 Å². The lowest BCUT2D eigenvalue weighted by Crippen LogP contribution is -2.13. The quantitative estimate of drug-likeness (QED) is 0.433. The molecular formula is C24H26N4O3. The second-order valence-corrected chi connectivity index (χ2v) is 7.25. The van der Waals surface area contributed by atoms with Crippen molar-refractivity contribution in [2.45, 2.75) is 33.2 Å². The van der Waals surface area contributed by atoms with Crippen LogP contribution in [0.3, 0.4) is 0 Å². The average Bonchev–Trinajstić information content (AvgIpc) is 3.12. The third-order valence-corrected chi connectivity index (χ3v) is 5.11. The first-order chi connectivity index (χ1) is 15.1. The van der Waals surface area contributed by atoms with Crippen molar-refractivity contribution in [1.29, 1.82) is 0 Å². The number of carbonyl (C=O) groups is 1. The van der Waals surface area contributed by atoms with Gasteiger partial charge < -0.3 is 14.8 Å². The largest absolute Gasteiger partial charge is 0.497 e. The number of amides is 1. The third kappa shape index (κ3) is 4.30. The zero-order valence-corrected chi connectivity index (χ0v) is 18.0. The number of hydrogen-bond donors (Lipinski definition) is 1. The first-order valence-corrected chi connectivity index (χ1v) is 10.5. The molecule has 4 rings (SSSR count). The zero-order valence-electron chi connectivity index (χ0n) is 18.0. The highest BCUT2D eigenvalue weighted by molar-refractivity contribution is 6.09. The van der Waals surface area contributed by atoms with Crippen molar-refractivity contribution >= 4 is 33.7 Å². The Hall–Kier alpha value is -3.61. The highest BCUT2D eigenvalue weighted by atomic mass is 16.5. The molecule has 0 fully saturated rings. The fourth-order valence-corrected chi connectivity index (χ4v) is 3.47. The minimum atomic E-state index is -0.226. The van der Waals surface area contributed by atoms with Gasteiger partial charge in [0.05, 0.1) is 24.6 Å². The Morgan fingerprint density at radius 3 is 2.55 bits per heavy atom. The van der Waals surface area contributed by atoms with Crippen LogP contribution in [0.15, 0.2) is 48.5 Å². The number of nitrogens with zero attached hydrogens (tertiary/aromatic N) is 3. The number of benzene rings is 2. The lowest BCUT2D eigenvalue weighted by Gasteiger charge is -2.06. The molecule has 2 aromatic heterocycles. The van der Waals surface area contributed by atoms with Crippen LogP contribution >= 0.6 is 0 Å². The molecule has 4 aromatic rings. The number of pyridine rings is 1. The smallest absolute Gasteiger partial charge is 0.256 e. The molecule has 0 saturated carbocycles. The Bertz CT molecular complexity index is 1220. The van der Waals surface area contributed by atoms with Crippen molar-refractivity contribution < 1.29 is 14.3 Å². The molecule has 7 nitrogen and oxygen atoms in total. The number of rotatable bonds is 8. The number of hydrogen-bond acceptors (Lipinski definition) is 5. The van der Waals surface area contributed by atoms with Crippen molar-refractivity contribution in [3.63, 3.8) is 0 Å². The SMILES string of the molecule is CCCCn1nc(NC(=O)c2ccc(OCC)cc2)c2cc3cc(OC)ccc3nc21. The first kappa shape index (κ1) is 20.7. The van der Waals surface area contributed by atoms with Crippen LogP contribution in [0, 0.1) is 0 Å². The van der Waals surface area contributed by atoms with E-state index in [1.165, 1.54) is 0 Å². The monoisotopic (exact) mass is 418 g/mol. The molecule has 0 saturated heterocycles. The van der Waals surface area contributed by atoms with Crippen LogP contribution in [-0.2, 0) is 6.54 Å². The number of aryl methyl sites for hydroxylation is 1. The Kier molecular flexibility index (Phi) is 6.02. The van der Waals surface area contributed by atoms with Gasteiger partial charge in [0.1, 0.15) is 11.5 Å². The maximum Gasteiger partial charge on any atom is 0.256 e. The molecule has 7 heteroatoms. The number of methoxy groups -OCH3 is 1. The second-order valence-electron chi connectivity index (χ2n) is 7.25. The van der Waals surface area contributed by atoms with Gasteiger partial charge in [0.2, 0.25) is 0 Å². The molecule has 0 unspecified atom stereocenters. The molecule has 0 aliphatic carbocycles. The number of carbonyl (C=O) groups excluding carboxylic acids is 1. The zero-order chi connectivity index (χ0) is 21.8. The van der Waals surface area contributed by atoms with Crippen LogP contribution < -0.4 is 14.8 Å². The van der Waals surface area contributed by atoms with E-state index in [0.29, 0.717) is 18.0 Å². The number of aromatic nitrogens is 3. The summed E-state index contributed by atoms with van der Waals surface area (Å²) in [5.41, 5.74) is 2.15. The minimum Gasteiger partial charge on any atom is -0.497 e. The van der Waals surface area contributed by atoms with Crippen LogP contribution in [0.2, 0.25) is 0 Å². The Morgan fingerprint density at radius 2 is 1.84 bits per heavy atom. The van der Waals surface area contributed by atoms with E-state index in [4.69, 9.17) is 14.5 Å². The van der Waals surface area contributed by atoms with Gasteiger partial charge in [-0.1, -0.05) is 13.3 Å². The highest BCUT2D eigenvalue weighted by Crippen LogP contribution is 2.28. The van der Waals surface area contributed by atoms with E-state index >= 15 is 0 Å². The van der Waals surface area contributed by atoms with Crippen molar-refractivity contribution in [3.8, 4) is 11.5 Å². The number of anilines is 1. The van der Waals surface area contributed by atoms with Gasteiger partial charge >= 0.3 is 0 Å². The van der Waals surface area contributed by atoms with E-state index in [1.807, 2.05) is 35.9 Å². The second kappa shape index (κ2) is 9.04. The summed E-state index contributed by atoms with van der Waals surface area (Å²) in [6, 6.07) is 14.8. The molecule has 160 valence electrons. The summed E-state index contributed by atoms with van der Waals surface area (Å²) in [4.78, 5) is 17.7. The van der Waals surface area contributed by atoms with E-state index in [-0.39, 0.29) is 5.91 Å². The average molecular weight is 418 g/mol. The molecule has 1 amide bonds. The van der Waals surface area contributed by atoms with Crippen LogP contribution in [0.4, 0.5) is 5.82 Å². The maximum absolute atomic E-state index is 12.9. The molecule has 0 bridgehead atoms. The Balaban J connectivity index is 1.72. The molecule has 1 N–H and O–H groups in total. The van der Waals surface area contributed by atoms with Gasteiger partial charge in [0, 0.05) is 17.5 Å². The van der Waals surface area contributed by atoms with E-state index < -0.39 is 0 Å². The normalized spacial score (nSPS) is 11.1. The fraction of sp³-hybridized carbons (Fsp3) is 0.292. The lowest BCUT2D eigenvalue weighted by atomic mass is 10.1. The summed E-state index contributed by atoms with van der Waals surface area (Å²) < 4.78 is 12.7. The van der Waals surface area contributed by atoms with E-state index in [1.54, 1.807) is 31.4 Å². The van der Waals surface area contributed by atoms with Crippen molar-refractivity contribution in [3.05, 3.63) is 54.1 Å². The van der Waals surface area contributed by atoms with Gasteiger partial charge in [-0.2, -0.15) is 5.10 Å². The molecule has 31 heavy (non-hydrogen) atoms. The lowest BCUT2D eigenvalue weighted by molar-refractivity contribution is 0.102. The number of fused-ring (bicyclic) bond motifs is 2. The number of unbranched alkanes of at least 4 members (excludes halogenated alkanes) is 1. The van der Waals surface area contributed by atoms with Crippen molar-refractivity contribution in [2.75, 3.05) is 19.0 Å². The molecule has 0 aliphatic heterocycles. The highest BCUT2D eigenvalue weighted by Gasteiger charge is 2.16. The fourth-order valence-electron chi connectivity index (χ4n) is 3.47. The van der Waals surface area contributed by atoms with Gasteiger partial charge in [-0.25, -0.2) is 9.67 Å². The Labute approximate surface area is 181 Å². The summed E-state index contributed by atoms with van der Waals surface area (Å²) in [6.45, 7) is 5.38. The van der Waals surface area contributed by atoms with Gasteiger partial charge in [-0.3, -0.25) is 4.79 Å². The van der Waals surface area contributed by atoms with Gasteiger partial charge in [-0.05, 0) is 61.9 Å². The number of nitrogens with one attached hydrogen (secondary N) is 1. The molecular weight excluding hydrogens is 392 g/mol. The molecule has 0 aliphatic rings. The van der Waals surface area contributed by atoms with E-state index in [2.05, 4.69) is 17.3 Å². The molecule has 2 heterocycles. The minimum absolute atomic E-state index is 0.226. The maximum atomic E-state index is 12.9. The van der Waals surface area contributed by atoms with Crippen molar-refractivity contribution in [1.82, 2.24) is 14.8 Å². The van der Waals surface area contributed by atoms with Crippen LogP contribution in [-0.4, -0.2) is 34.4 Å². The summed E-state index contributed by atoms with van der Waals surface area (Å²) in [5, 5.41) is 9.36. The van der Waals surface area contributed by atoms with Crippen LogP contribution in [0.25, 0.3) is 21.9 Å². The number of ether oxygens (including phenoxy) is 2. The molecule has 2 aromatic carbocycles. The van der Waals surface area contributed by atoms with E-state index in [0.717, 1.165) is 52.8 Å². The summed E-state index contributed by atoms with van der Waals surface area (Å²) in [5.74, 6) is 1.77. The molecule has 0 atom stereocenters. The van der Waals surface area contributed by atoms with Crippen LogP contribution in [0.1, 0.15) is 37.0 Å². The standard InChI is InChI=1S/C24H26N4O3/c1-4-6-13-28-23-20(15-17-14-19(30-3)11-12-21(17)25-23)22(27-28)26-24(29)16-7-9-18(10-8-16)31-5-2/h7-12,14-15H,4-6,13H2,1-3H3,(H,26,27,29). The summed E-state index contributed by atoms with van der Waals surface area (Å²) in [6.07, 6.45) is 2.02. The molecule has 0 spiro atoms. The Morgan fingerprint density at radius 1 is 1.06 bits per heavy atom. The third-order valence-electron chi connectivity index (χ3n) is 5.11. The topological polar surface area (TPSA) is 78.3 Å². The van der Waals surface area contributed by atoms with Gasteiger partial charge in [0.15, 0.2) is 11.5 Å². The first-order valence-electron chi connectivity index (χ1n) is 10.5. The summed E-state index contributed by atoms with van der Waals surface area (Å²) >= 11 is 0. The molecule has 0 radical (unpaired) electrons. The predicted octanol–water partition coefficient (Wildman–Crippen LogP) is 5.04. The van der Waals surface area contributed by atoms with E-state index in [9.17, 15) is 4.79 Å². The predicted molar refractivity (Wildman–Crippen MR) is 122 cm³/mol. The van der Waals surface area contributed by atoms with Gasteiger partial charge in [0.25, 0.3) is 5.91 Å². The van der Waals surface area contributed by atoms with Gasteiger partial charge in [-0.15, -0.1) is 0 Å². The van der Waals surface area contributed by atoms with Crippen LogP contribution in [0.5, 0.6) is 11.5 Å². The summed E-state index contributed by atoms with van der Waals surface area (Å²) in [7, 11) is 1.64.